The van der Waals surface area contributed by atoms with E-state index in [-0.39, 0.29) is 12.1 Å². The topological polar surface area (TPSA) is 85.1 Å². The summed E-state index contributed by atoms with van der Waals surface area (Å²) in [6.07, 6.45) is 0.645. The van der Waals surface area contributed by atoms with Crippen molar-refractivity contribution in [3.63, 3.8) is 0 Å². The van der Waals surface area contributed by atoms with Crippen molar-refractivity contribution in [1.29, 1.82) is 0 Å². The van der Waals surface area contributed by atoms with Crippen LogP contribution in [-0.2, 0) is 11.2 Å². The molecule has 0 bridgehead atoms. The molecule has 0 saturated heterocycles. The van der Waals surface area contributed by atoms with E-state index in [4.69, 9.17) is 5.11 Å². The smallest absolute Gasteiger partial charge is 0.307 e. The molecule has 0 atom stereocenters. The molecule has 0 spiro atoms. The van der Waals surface area contributed by atoms with Gasteiger partial charge in [0.1, 0.15) is 5.69 Å². The number of carboxylic acid groups (broad SMARTS) is 1. The van der Waals surface area contributed by atoms with E-state index < -0.39 is 5.97 Å². The minimum Gasteiger partial charge on any atom is -0.481 e. The zero-order chi connectivity index (χ0) is 15.5. The number of hydrogen-bond donors (Lipinski definition) is 1. The van der Waals surface area contributed by atoms with Gasteiger partial charge < -0.3 is 5.11 Å². The average Bonchev–Trinajstić information content (AvgIpc) is 3.16. The van der Waals surface area contributed by atoms with E-state index in [9.17, 15) is 9.59 Å². The van der Waals surface area contributed by atoms with Crippen LogP contribution >= 0.6 is 11.3 Å². The highest BCUT2D eigenvalue weighted by Gasteiger charge is 2.16. The van der Waals surface area contributed by atoms with E-state index in [1.807, 2.05) is 17.5 Å². The molecular weight excluding hydrogens is 302 g/mol. The van der Waals surface area contributed by atoms with Crippen molar-refractivity contribution in [3.05, 3.63) is 53.0 Å². The van der Waals surface area contributed by atoms with Gasteiger partial charge in [-0.15, -0.1) is 16.4 Å². The lowest BCUT2D eigenvalue weighted by atomic mass is 10.1. The highest BCUT2D eigenvalue weighted by molar-refractivity contribution is 7.13. The molecule has 22 heavy (non-hydrogen) atoms. The fourth-order valence-electron chi connectivity index (χ4n) is 2.13. The van der Waals surface area contributed by atoms with Crippen LogP contribution in [0.5, 0.6) is 0 Å². The minimum absolute atomic E-state index is 0.0327. The molecule has 0 fully saturated rings. The number of aldehydes is 1. The molecule has 6 nitrogen and oxygen atoms in total. The first-order chi connectivity index (χ1) is 10.7. The van der Waals surface area contributed by atoms with Gasteiger partial charge in [0.15, 0.2) is 12.0 Å². The van der Waals surface area contributed by atoms with Gasteiger partial charge in [-0.05, 0) is 29.1 Å². The third-order valence-electron chi connectivity index (χ3n) is 3.10. The maximum absolute atomic E-state index is 11.2. The van der Waals surface area contributed by atoms with Crippen molar-refractivity contribution in [3.8, 4) is 16.3 Å². The zero-order valence-corrected chi connectivity index (χ0v) is 12.2. The van der Waals surface area contributed by atoms with Crippen molar-refractivity contribution in [2.24, 2.45) is 0 Å². The Kier molecular flexibility index (Phi) is 3.80. The van der Waals surface area contributed by atoms with Gasteiger partial charge in [-0.2, -0.15) is 0 Å². The van der Waals surface area contributed by atoms with Crippen LogP contribution in [0.1, 0.15) is 16.1 Å². The quantitative estimate of drug-likeness (QED) is 0.731. The second-order valence-corrected chi connectivity index (χ2v) is 5.51. The lowest BCUT2D eigenvalue weighted by molar-refractivity contribution is -0.136. The Morgan fingerprint density at radius 3 is 2.64 bits per heavy atom. The van der Waals surface area contributed by atoms with Crippen LogP contribution in [0.3, 0.4) is 0 Å². The molecule has 0 radical (unpaired) electrons. The normalized spacial score (nSPS) is 10.5. The molecule has 0 aliphatic heterocycles. The maximum atomic E-state index is 11.2. The first-order valence-electron chi connectivity index (χ1n) is 6.45. The monoisotopic (exact) mass is 313 g/mol. The summed E-state index contributed by atoms with van der Waals surface area (Å²) in [6.45, 7) is 0. The highest BCUT2D eigenvalue weighted by atomic mass is 32.1. The highest BCUT2D eigenvalue weighted by Crippen LogP contribution is 2.28. The SMILES string of the molecule is O=Cc1nnn(-c2ccc(CC(=O)O)cc2)c1-c1cccs1. The molecule has 0 aliphatic rings. The van der Waals surface area contributed by atoms with E-state index in [0.717, 1.165) is 10.6 Å². The van der Waals surface area contributed by atoms with Crippen molar-refractivity contribution >= 4 is 23.6 Å². The summed E-state index contributed by atoms with van der Waals surface area (Å²) >= 11 is 1.49. The molecule has 0 amide bonds. The molecule has 0 saturated carbocycles. The summed E-state index contributed by atoms with van der Waals surface area (Å²) in [7, 11) is 0. The number of carboxylic acids is 1. The van der Waals surface area contributed by atoms with Gasteiger partial charge in [0.05, 0.1) is 17.0 Å². The molecule has 3 aromatic rings. The van der Waals surface area contributed by atoms with Gasteiger partial charge in [-0.1, -0.05) is 23.4 Å². The number of thiophene rings is 1. The van der Waals surface area contributed by atoms with Crippen molar-refractivity contribution in [2.45, 2.75) is 6.42 Å². The van der Waals surface area contributed by atoms with E-state index in [1.54, 1.807) is 28.9 Å². The van der Waals surface area contributed by atoms with Gasteiger partial charge >= 0.3 is 5.97 Å². The number of nitrogens with zero attached hydrogens (tertiary/aromatic N) is 3. The Morgan fingerprint density at radius 2 is 2.05 bits per heavy atom. The van der Waals surface area contributed by atoms with Crippen LogP contribution in [0.4, 0.5) is 0 Å². The standard InChI is InChI=1S/C15H11N3O3S/c19-9-12-15(13-2-1-7-22-13)18(17-16-12)11-5-3-10(4-6-11)8-14(20)21/h1-7,9H,8H2,(H,20,21). The number of rotatable bonds is 5. The molecule has 110 valence electrons. The molecule has 7 heteroatoms. The predicted molar refractivity (Wildman–Crippen MR) is 81.4 cm³/mol. The first-order valence-corrected chi connectivity index (χ1v) is 7.33. The van der Waals surface area contributed by atoms with Crippen molar-refractivity contribution in [2.75, 3.05) is 0 Å². The Labute approximate surface area is 129 Å². The zero-order valence-electron chi connectivity index (χ0n) is 11.3. The molecule has 2 heterocycles. The van der Waals surface area contributed by atoms with E-state index >= 15 is 0 Å². The Hall–Kier alpha value is -2.80. The second-order valence-electron chi connectivity index (χ2n) is 4.57. The maximum Gasteiger partial charge on any atom is 0.307 e. The summed E-state index contributed by atoms with van der Waals surface area (Å²) < 4.78 is 1.58. The summed E-state index contributed by atoms with van der Waals surface area (Å²) in [5.74, 6) is -0.879. The van der Waals surface area contributed by atoms with Crippen molar-refractivity contribution < 1.29 is 14.7 Å². The summed E-state index contributed by atoms with van der Waals surface area (Å²) in [5.41, 5.74) is 2.33. The van der Waals surface area contributed by atoms with Gasteiger partial charge in [0, 0.05) is 0 Å². The molecule has 0 aliphatic carbocycles. The Bertz CT molecular complexity index is 807. The average molecular weight is 313 g/mol. The first kappa shape index (κ1) is 14.2. The van der Waals surface area contributed by atoms with Crippen LogP contribution in [0.15, 0.2) is 41.8 Å². The third kappa shape index (κ3) is 2.66. The lowest BCUT2D eigenvalue weighted by Gasteiger charge is -2.06. The largest absolute Gasteiger partial charge is 0.481 e. The molecule has 0 unspecified atom stereocenters. The Morgan fingerprint density at radius 1 is 1.27 bits per heavy atom. The molecule has 3 rings (SSSR count). The van der Waals surface area contributed by atoms with Crippen molar-refractivity contribution in [1.82, 2.24) is 15.0 Å². The minimum atomic E-state index is -0.879. The van der Waals surface area contributed by atoms with Gasteiger partial charge in [-0.25, -0.2) is 4.68 Å². The fraction of sp³-hybridized carbons (Fsp3) is 0.0667. The van der Waals surface area contributed by atoms with Crippen LogP contribution < -0.4 is 0 Å². The van der Waals surface area contributed by atoms with E-state index in [1.165, 1.54) is 11.3 Å². The van der Waals surface area contributed by atoms with Gasteiger partial charge in [0.25, 0.3) is 0 Å². The fourth-order valence-corrected chi connectivity index (χ4v) is 2.89. The van der Waals surface area contributed by atoms with E-state index in [0.29, 0.717) is 17.5 Å². The number of carbonyl (C=O) groups excluding carboxylic acids is 1. The number of hydrogen-bond acceptors (Lipinski definition) is 5. The molecule has 2 aromatic heterocycles. The molecular formula is C15H11N3O3S. The Balaban J connectivity index is 2.03. The molecule has 1 N–H and O–H groups in total. The van der Waals surface area contributed by atoms with Crippen LogP contribution in [0, 0.1) is 0 Å². The van der Waals surface area contributed by atoms with Crippen LogP contribution in [0.25, 0.3) is 16.3 Å². The van der Waals surface area contributed by atoms with E-state index in [2.05, 4.69) is 10.3 Å². The number of aromatic nitrogens is 3. The van der Waals surface area contributed by atoms with Gasteiger partial charge in [0.2, 0.25) is 0 Å². The number of carbonyl (C=O) groups is 2. The summed E-state index contributed by atoms with van der Waals surface area (Å²) in [6, 6.07) is 10.8. The summed E-state index contributed by atoms with van der Waals surface area (Å²) in [5, 5.41) is 18.6. The summed E-state index contributed by atoms with van der Waals surface area (Å²) in [4.78, 5) is 22.8. The second kappa shape index (κ2) is 5.90. The number of benzene rings is 1. The van der Waals surface area contributed by atoms with Crippen LogP contribution in [-0.4, -0.2) is 32.4 Å². The lowest BCUT2D eigenvalue weighted by Crippen LogP contribution is -2.02. The predicted octanol–water partition coefficient (Wildman–Crippen LogP) is 2.44. The third-order valence-corrected chi connectivity index (χ3v) is 3.98. The molecule has 1 aromatic carbocycles. The van der Waals surface area contributed by atoms with Gasteiger partial charge in [-0.3, -0.25) is 9.59 Å². The van der Waals surface area contributed by atoms with Crippen LogP contribution in [0.2, 0.25) is 0 Å². The number of aliphatic carboxylic acids is 1.